The number of hydrogen-bond acceptors (Lipinski definition) is 3. The number of amides is 1. The summed E-state index contributed by atoms with van der Waals surface area (Å²) >= 11 is 1.70. The van der Waals surface area contributed by atoms with Crippen LogP contribution in [-0.2, 0) is 22.2 Å². The van der Waals surface area contributed by atoms with Crippen molar-refractivity contribution in [2.24, 2.45) is 0 Å². The molecule has 3 nitrogen and oxygen atoms in total. The highest BCUT2D eigenvalue weighted by Gasteiger charge is 2.42. The molecule has 1 N–H and O–H groups in total. The van der Waals surface area contributed by atoms with E-state index in [-0.39, 0.29) is 27.4 Å². The van der Waals surface area contributed by atoms with Crippen molar-refractivity contribution in [3.05, 3.63) is 64.7 Å². The summed E-state index contributed by atoms with van der Waals surface area (Å²) in [7, 11) is 0. The molecule has 1 saturated heterocycles. The maximum Gasteiger partial charge on any atom is 0.241 e. The van der Waals surface area contributed by atoms with Gasteiger partial charge in [0.05, 0.1) is 5.37 Å². The zero-order valence-electron chi connectivity index (χ0n) is 18.6. The third-order valence-corrected chi connectivity index (χ3v) is 6.85. The molecule has 2 atom stereocenters. The van der Waals surface area contributed by atoms with Gasteiger partial charge in [0.2, 0.25) is 5.91 Å². The highest BCUT2D eigenvalue weighted by Crippen LogP contribution is 2.49. The molecule has 0 spiro atoms. The molecule has 2 aromatic rings. The second kappa shape index (κ2) is 7.71. The van der Waals surface area contributed by atoms with Crippen LogP contribution in [0.5, 0.6) is 5.75 Å². The zero-order chi connectivity index (χ0) is 21.6. The van der Waals surface area contributed by atoms with Gasteiger partial charge in [-0.25, -0.2) is 0 Å². The number of carbonyl (C=O) groups excluding carboxylic acids is 1. The van der Waals surface area contributed by atoms with Crippen LogP contribution < -0.4 is 0 Å². The van der Waals surface area contributed by atoms with Gasteiger partial charge in [0.1, 0.15) is 11.0 Å². The lowest BCUT2D eigenvalue weighted by Gasteiger charge is -2.34. The normalized spacial score (nSPS) is 20.4. The van der Waals surface area contributed by atoms with E-state index >= 15 is 0 Å². The number of rotatable bonds is 3. The van der Waals surface area contributed by atoms with E-state index in [2.05, 4.69) is 60.6 Å². The summed E-state index contributed by atoms with van der Waals surface area (Å²) in [4.78, 5) is 15.5. The molecule has 1 fully saturated rings. The minimum atomic E-state index is -0.246. The van der Waals surface area contributed by atoms with E-state index in [1.165, 1.54) is 0 Å². The molecule has 0 aliphatic carbocycles. The van der Waals surface area contributed by atoms with Crippen LogP contribution in [0.3, 0.4) is 0 Å². The van der Waals surface area contributed by atoms with E-state index in [0.29, 0.717) is 12.3 Å². The Morgan fingerprint density at radius 1 is 0.931 bits per heavy atom. The Morgan fingerprint density at radius 2 is 1.52 bits per heavy atom. The van der Waals surface area contributed by atoms with Gasteiger partial charge in [-0.1, -0.05) is 77.9 Å². The van der Waals surface area contributed by atoms with Crippen LogP contribution in [0.1, 0.15) is 76.0 Å². The van der Waals surface area contributed by atoms with E-state index in [1.807, 2.05) is 29.2 Å². The maximum absolute atomic E-state index is 13.5. The monoisotopic (exact) mass is 411 g/mol. The first-order valence-electron chi connectivity index (χ1n) is 10.3. The number of phenolic OH excluding ortho intramolecular Hbond substituents is 1. The molecule has 2 unspecified atom stereocenters. The number of thioether (sulfide) groups is 1. The molecule has 4 heteroatoms. The summed E-state index contributed by atoms with van der Waals surface area (Å²) in [6.07, 6.45) is 0. The van der Waals surface area contributed by atoms with Gasteiger partial charge in [0.15, 0.2) is 0 Å². The molecule has 0 radical (unpaired) electrons. The topological polar surface area (TPSA) is 40.5 Å². The van der Waals surface area contributed by atoms with Gasteiger partial charge < -0.3 is 10.0 Å². The van der Waals surface area contributed by atoms with E-state index in [1.54, 1.807) is 17.8 Å². The molecule has 1 amide bonds. The molecular formula is C25H33NO2S. The first kappa shape index (κ1) is 21.8. The van der Waals surface area contributed by atoms with E-state index < -0.39 is 0 Å². The van der Waals surface area contributed by atoms with Crippen LogP contribution in [0.15, 0.2) is 42.5 Å². The van der Waals surface area contributed by atoms with Gasteiger partial charge in [0, 0.05) is 12.1 Å². The van der Waals surface area contributed by atoms with Crippen molar-refractivity contribution in [2.45, 2.75) is 76.5 Å². The average molecular weight is 412 g/mol. The Bertz CT molecular complexity index is 894. The zero-order valence-corrected chi connectivity index (χ0v) is 19.4. The Hall–Kier alpha value is -1.94. The Balaban J connectivity index is 2.06. The molecule has 156 valence electrons. The molecular weight excluding hydrogens is 378 g/mol. The first-order valence-corrected chi connectivity index (χ1v) is 11.2. The fourth-order valence-electron chi connectivity index (χ4n) is 4.24. The van der Waals surface area contributed by atoms with Crippen LogP contribution in [0, 0.1) is 0 Å². The molecule has 0 bridgehead atoms. The fourth-order valence-corrected chi connectivity index (χ4v) is 5.56. The number of hydrogen-bond donors (Lipinski definition) is 1. The Morgan fingerprint density at radius 3 is 2.07 bits per heavy atom. The first-order chi connectivity index (χ1) is 13.4. The molecule has 29 heavy (non-hydrogen) atoms. The summed E-state index contributed by atoms with van der Waals surface area (Å²) in [5.74, 6) is 0.471. The Labute approximate surface area is 179 Å². The number of aromatic hydroxyl groups is 1. The predicted molar refractivity (Wildman–Crippen MR) is 122 cm³/mol. The third kappa shape index (κ3) is 4.32. The quantitative estimate of drug-likeness (QED) is 0.658. The van der Waals surface area contributed by atoms with Crippen molar-refractivity contribution in [1.82, 2.24) is 4.90 Å². The van der Waals surface area contributed by atoms with E-state index in [4.69, 9.17) is 0 Å². The van der Waals surface area contributed by atoms with Crippen LogP contribution in [0.25, 0.3) is 0 Å². The van der Waals surface area contributed by atoms with Crippen molar-refractivity contribution in [1.29, 1.82) is 0 Å². The minimum absolute atomic E-state index is 0.104. The highest BCUT2D eigenvalue weighted by atomic mass is 32.2. The second-order valence-electron chi connectivity index (χ2n) is 9.99. The molecule has 1 heterocycles. The van der Waals surface area contributed by atoms with Crippen molar-refractivity contribution >= 4 is 17.7 Å². The number of benzene rings is 2. The van der Waals surface area contributed by atoms with Gasteiger partial charge in [-0.15, -0.1) is 11.8 Å². The highest BCUT2D eigenvalue weighted by molar-refractivity contribution is 8.01. The fraction of sp³-hybridized carbons (Fsp3) is 0.480. The molecule has 3 rings (SSSR count). The lowest BCUT2D eigenvalue weighted by molar-refractivity contribution is -0.130. The second-order valence-corrected chi connectivity index (χ2v) is 11.4. The smallest absolute Gasteiger partial charge is 0.241 e. The number of nitrogens with zero attached hydrogens (tertiary/aromatic N) is 1. The summed E-state index contributed by atoms with van der Waals surface area (Å²) in [5, 5.41) is 10.6. The standard InChI is InChI=1S/C25H33NO2S/c1-16-26(15-17-11-9-8-10-12-17)23(28)22(29-16)18-13-14-19(27)21(25(5,6)7)20(18)24(2,3)4/h8-14,16,22,27H,15H2,1-7H3. The number of phenols is 1. The van der Waals surface area contributed by atoms with Crippen molar-refractivity contribution in [3.8, 4) is 5.75 Å². The summed E-state index contributed by atoms with van der Waals surface area (Å²) in [6.45, 7) is 15.6. The Kier molecular flexibility index (Phi) is 5.79. The largest absolute Gasteiger partial charge is 0.508 e. The van der Waals surface area contributed by atoms with Gasteiger partial charge in [-0.3, -0.25) is 4.79 Å². The lowest BCUT2D eigenvalue weighted by atomic mass is 9.72. The van der Waals surface area contributed by atoms with Crippen LogP contribution >= 0.6 is 11.8 Å². The van der Waals surface area contributed by atoms with E-state index in [0.717, 1.165) is 22.3 Å². The molecule has 0 saturated carbocycles. The molecule has 1 aliphatic rings. The van der Waals surface area contributed by atoms with Crippen LogP contribution in [0.2, 0.25) is 0 Å². The summed E-state index contributed by atoms with van der Waals surface area (Å²) in [5.41, 5.74) is 3.83. The van der Waals surface area contributed by atoms with Gasteiger partial charge >= 0.3 is 0 Å². The van der Waals surface area contributed by atoms with Gasteiger partial charge in [-0.2, -0.15) is 0 Å². The minimum Gasteiger partial charge on any atom is -0.508 e. The summed E-state index contributed by atoms with van der Waals surface area (Å²) < 4.78 is 0. The molecule has 1 aliphatic heterocycles. The SMILES string of the molecule is CC1SC(c2ccc(O)c(C(C)(C)C)c2C(C)(C)C)C(=O)N1Cc1ccccc1. The lowest BCUT2D eigenvalue weighted by Crippen LogP contribution is -2.32. The van der Waals surface area contributed by atoms with Crippen LogP contribution in [0.4, 0.5) is 0 Å². The van der Waals surface area contributed by atoms with Crippen molar-refractivity contribution in [3.63, 3.8) is 0 Å². The third-order valence-electron chi connectivity index (χ3n) is 5.47. The predicted octanol–water partition coefficient (Wildman–Crippen LogP) is 6.15. The van der Waals surface area contributed by atoms with Crippen molar-refractivity contribution in [2.75, 3.05) is 0 Å². The van der Waals surface area contributed by atoms with Crippen LogP contribution in [-0.4, -0.2) is 21.3 Å². The molecule has 0 aromatic heterocycles. The van der Waals surface area contributed by atoms with Gasteiger partial charge in [-0.05, 0) is 40.5 Å². The van der Waals surface area contributed by atoms with E-state index in [9.17, 15) is 9.90 Å². The molecule has 2 aromatic carbocycles. The number of carbonyl (C=O) groups is 1. The average Bonchev–Trinajstić information content (AvgIpc) is 2.89. The summed E-state index contributed by atoms with van der Waals surface area (Å²) in [6, 6.07) is 13.9. The van der Waals surface area contributed by atoms with Crippen molar-refractivity contribution < 1.29 is 9.90 Å². The maximum atomic E-state index is 13.5. The van der Waals surface area contributed by atoms with Gasteiger partial charge in [0.25, 0.3) is 0 Å².